The Morgan fingerprint density at radius 1 is 1.00 bits per heavy atom. The van der Waals surface area contributed by atoms with Crippen molar-refractivity contribution in [2.75, 3.05) is 0 Å². The minimum atomic E-state index is -0.336. The third-order valence-corrected chi connectivity index (χ3v) is 6.79. The van der Waals surface area contributed by atoms with Crippen LogP contribution in [0.3, 0.4) is 0 Å². The smallest absolute Gasteiger partial charge is 0.312 e. The molecule has 4 aliphatic rings. The van der Waals surface area contributed by atoms with Crippen LogP contribution in [0.1, 0.15) is 87.5 Å². The molecule has 130 valence electrons. The minimum Gasteiger partial charge on any atom is -0.458 e. The Morgan fingerprint density at radius 3 is 1.82 bits per heavy atom. The van der Waals surface area contributed by atoms with Gasteiger partial charge >= 0.3 is 5.97 Å². The zero-order valence-electron chi connectivity index (χ0n) is 13.6. The number of hydrogen-bond donors (Lipinski definition) is 0. The van der Waals surface area contributed by atoms with E-state index in [1.165, 1.54) is 32.1 Å². The Kier molecular flexibility index (Phi) is 5.79. The molecule has 2 heteroatoms. The van der Waals surface area contributed by atoms with Gasteiger partial charge in [-0.1, -0.05) is 28.7 Å². The summed E-state index contributed by atoms with van der Waals surface area (Å²) >= 11 is 0. The van der Waals surface area contributed by atoms with Crippen molar-refractivity contribution in [3.8, 4) is 0 Å². The van der Waals surface area contributed by atoms with Crippen LogP contribution in [0.15, 0.2) is 0 Å². The van der Waals surface area contributed by atoms with E-state index in [1.807, 2.05) is 13.8 Å². The summed E-state index contributed by atoms with van der Waals surface area (Å²) in [6.07, 6.45) is 8.53. The van der Waals surface area contributed by atoms with Gasteiger partial charge in [0.1, 0.15) is 5.60 Å². The lowest BCUT2D eigenvalue weighted by Gasteiger charge is -2.60. The maximum Gasteiger partial charge on any atom is 0.312 e. The van der Waals surface area contributed by atoms with Crippen molar-refractivity contribution in [2.24, 2.45) is 29.1 Å². The average Bonchev–Trinajstić information content (AvgIpc) is 2.42. The van der Waals surface area contributed by atoms with E-state index in [4.69, 9.17) is 4.74 Å². The highest BCUT2D eigenvalue weighted by Gasteiger charge is 2.59. The molecule has 4 rings (SSSR count). The monoisotopic (exact) mass is 310 g/mol. The fourth-order valence-corrected chi connectivity index (χ4v) is 5.25. The molecule has 0 unspecified atom stereocenters. The van der Waals surface area contributed by atoms with Crippen LogP contribution in [-0.4, -0.2) is 11.6 Å². The SMILES string of the molecule is C.C.CCC(C)(C)C(=O)OC1(CC)C2CC3CC(C2)CC1C3. The fraction of sp³-hybridized carbons (Fsp3) is 0.950. The molecule has 0 amide bonds. The van der Waals surface area contributed by atoms with Crippen molar-refractivity contribution in [1.82, 2.24) is 0 Å². The third kappa shape index (κ3) is 2.83. The highest BCUT2D eigenvalue weighted by atomic mass is 16.6. The van der Waals surface area contributed by atoms with Crippen LogP contribution in [-0.2, 0) is 9.53 Å². The number of carbonyl (C=O) groups excluding carboxylic acids is 1. The highest BCUT2D eigenvalue weighted by Crippen LogP contribution is 2.60. The van der Waals surface area contributed by atoms with Gasteiger partial charge in [0.05, 0.1) is 5.41 Å². The van der Waals surface area contributed by atoms with Gasteiger partial charge in [-0.25, -0.2) is 0 Å². The van der Waals surface area contributed by atoms with Gasteiger partial charge in [-0.2, -0.15) is 0 Å². The topological polar surface area (TPSA) is 26.3 Å². The standard InChI is InChI=1S/C18H30O2.2CH4/c1-5-17(3,4)16(19)20-18(6-2)14-8-12-7-13(10-14)11-15(18)9-12;;/h12-15H,5-11H2,1-4H3;2*1H4. The van der Waals surface area contributed by atoms with Gasteiger partial charge in [0.2, 0.25) is 0 Å². The van der Waals surface area contributed by atoms with Crippen LogP contribution < -0.4 is 0 Å². The summed E-state index contributed by atoms with van der Waals surface area (Å²) in [4.78, 5) is 12.6. The van der Waals surface area contributed by atoms with E-state index in [2.05, 4.69) is 13.8 Å². The first-order valence-electron chi connectivity index (χ1n) is 8.64. The van der Waals surface area contributed by atoms with Gasteiger partial charge in [-0.3, -0.25) is 4.79 Å². The van der Waals surface area contributed by atoms with Crippen LogP contribution in [0.5, 0.6) is 0 Å². The van der Waals surface area contributed by atoms with Crippen molar-refractivity contribution in [1.29, 1.82) is 0 Å². The van der Waals surface area contributed by atoms with Crippen molar-refractivity contribution in [3.63, 3.8) is 0 Å². The largest absolute Gasteiger partial charge is 0.458 e. The van der Waals surface area contributed by atoms with Gasteiger partial charge in [0.25, 0.3) is 0 Å². The zero-order chi connectivity index (χ0) is 14.5. The molecule has 0 spiro atoms. The lowest BCUT2D eigenvalue weighted by molar-refractivity contribution is -0.218. The summed E-state index contributed by atoms with van der Waals surface area (Å²) in [7, 11) is 0. The molecule has 4 fully saturated rings. The fourth-order valence-electron chi connectivity index (χ4n) is 5.25. The predicted molar refractivity (Wildman–Crippen MR) is 93.7 cm³/mol. The first-order valence-corrected chi connectivity index (χ1v) is 8.64. The Labute approximate surface area is 138 Å². The van der Waals surface area contributed by atoms with E-state index in [0.29, 0.717) is 11.8 Å². The van der Waals surface area contributed by atoms with Gasteiger partial charge < -0.3 is 4.74 Å². The first kappa shape index (κ1) is 19.5. The van der Waals surface area contributed by atoms with E-state index >= 15 is 0 Å². The molecule has 0 radical (unpaired) electrons. The Hall–Kier alpha value is -0.530. The molecule has 0 heterocycles. The number of ether oxygens (including phenoxy) is 1. The van der Waals surface area contributed by atoms with E-state index in [-0.39, 0.29) is 31.8 Å². The summed E-state index contributed by atoms with van der Waals surface area (Å²) in [6.45, 7) is 8.36. The molecule has 0 saturated heterocycles. The summed E-state index contributed by atoms with van der Waals surface area (Å²) < 4.78 is 6.28. The van der Waals surface area contributed by atoms with Crippen molar-refractivity contribution in [2.45, 2.75) is 93.1 Å². The normalized spacial score (nSPS) is 38.9. The molecule has 0 N–H and O–H groups in total. The van der Waals surface area contributed by atoms with Crippen LogP contribution >= 0.6 is 0 Å². The van der Waals surface area contributed by atoms with Crippen LogP contribution in [0, 0.1) is 29.1 Å². The molecule has 4 saturated carbocycles. The number of carbonyl (C=O) groups is 1. The molecule has 4 bridgehead atoms. The average molecular weight is 311 g/mol. The molecular weight excluding hydrogens is 272 g/mol. The van der Waals surface area contributed by atoms with Crippen LogP contribution in [0.4, 0.5) is 0 Å². The van der Waals surface area contributed by atoms with Crippen molar-refractivity contribution >= 4 is 5.97 Å². The van der Waals surface area contributed by atoms with Gasteiger partial charge in [0, 0.05) is 0 Å². The van der Waals surface area contributed by atoms with Gasteiger partial charge in [-0.05, 0) is 82.5 Å². The quantitative estimate of drug-likeness (QED) is 0.609. The molecule has 0 aliphatic heterocycles. The summed E-state index contributed by atoms with van der Waals surface area (Å²) in [5, 5.41) is 0. The number of hydrogen-bond acceptors (Lipinski definition) is 2. The van der Waals surface area contributed by atoms with Crippen molar-refractivity contribution < 1.29 is 9.53 Å². The molecular formula is C20H38O2. The Bertz CT molecular complexity index is 369. The number of esters is 1. The van der Waals surface area contributed by atoms with Gasteiger partial charge in [-0.15, -0.1) is 0 Å². The second-order valence-electron chi connectivity index (χ2n) is 8.24. The van der Waals surface area contributed by atoms with E-state index < -0.39 is 0 Å². The summed E-state index contributed by atoms with van der Waals surface area (Å²) in [6, 6.07) is 0. The Morgan fingerprint density at radius 2 is 1.45 bits per heavy atom. The summed E-state index contributed by atoms with van der Waals surface area (Å²) in [5.41, 5.74) is -0.465. The molecule has 0 aromatic carbocycles. The van der Waals surface area contributed by atoms with Crippen molar-refractivity contribution in [3.05, 3.63) is 0 Å². The van der Waals surface area contributed by atoms with E-state index in [1.54, 1.807) is 0 Å². The molecule has 4 aliphatic carbocycles. The summed E-state index contributed by atoms with van der Waals surface area (Å²) in [5.74, 6) is 3.17. The zero-order valence-corrected chi connectivity index (χ0v) is 13.6. The second-order valence-corrected chi connectivity index (χ2v) is 8.24. The predicted octanol–water partition coefficient (Wildman–Crippen LogP) is 5.84. The Balaban J connectivity index is 0.00000121. The number of rotatable bonds is 4. The molecule has 0 aromatic heterocycles. The maximum atomic E-state index is 12.6. The van der Waals surface area contributed by atoms with E-state index in [0.717, 1.165) is 24.7 Å². The molecule has 0 aromatic rings. The molecule has 0 atom stereocenters. The lowest BCUT2D eigenvalue weighted by Crippen LogP contribution is -2.60. The lowest BCUT2D eigenvalue weighted by atomic mass is 9.49. The first-order chi connectivity index (χ1) is 9.41. The molecule has 2 nitrogen and oxygen atoms in total. The maximum absolute atomic E-state index is 12.6. The third-order valence-electron chi connectivity index (χ3n) is 6.79. The second kappa shape index (κ2) is 6.53. The van der Waals surface area contributed by atoms with E-state index in [9.17, 15) is 4.79 Å². The minimum absolute atomic E-state index is 0. The van der Waals surface area contributed by atoms with Crippen LogP contribution in [0.25, 0.3) is 0 Å². The van der Waals surface area contributed by atoms with Gasteiger partial charge in [0.15, 0.2) is 0 Å². The molecule has 22 heavy (non-hydrogen) atoms. The van der Waals surface area contributed by atoms with Crippen LogP contribution in [0.2, 0.25) is 0 Å². The highest BCUT2D eigenvalue weighted by molar-refractivity contribution is 5.76.